The fourth-order valence-corrected chi connectivity index (χ4v) is 6.30. The van der Waals surface area contributed by atoms with Gasteiger partial charge in [0.05, 0.1) is 27.7 Å². The van der Waals surface area contributed by atoms with E-state index >= 15 is 0 Å². The lowest BCUT2D eigenvalue weighted by Gasteiger charge is -2.24. The number of nitrogens with zero attached hydrogens (tertiary/aromatic N) is 1. The fraction of sp³-hybridized carbons (Fsp3) is 0.773. The maximum Gasteiger partial charge on any atom is 0.472 e. The first-order chi connectivity index (χ1) is 26.0. The molecule has 0 radical (unpaired) electrons. The molecule has 0 aliphatic rings. The number of hydrogen-bond donors (Lipinski definition) is 1. The highest BCUT2D eigenvalue weighted by Crippen LogP contribution is 2.43. The summed E-state index contributed by atoms with van der Waals surface area (Å²) in [6.45, 7) is 4.25. The topological polar surface area (TPSA) is 108 Å². The van der Waals surface area contributed by atoms with Gasteiger partial charge in [0.25, 0.3) is 0 Å². The van der Waals surface area contributed by atoms with Crippen LogP contribution in [0.1, 0.15) is 168 Å². The van der Waals surface area contributed by atoms with Crippen LogP contribution in [0.25, 0.3) is 0 Å². The average molecular weight is 783 g/mol. The molecule has 0 aromatic heterocycles. The van der Waals surface area contributed by atoms with E-state index in [1.165, 1.54) is 96.0 Å². The maximum atomic E-state index is 12.6. The number of quaternary nitrogens is 1. The molecule has 0 fully saturated rings. The van der Waals surface area contributed by atoms with Crippen LogP contribution in [-0.2, 0) is 32.7 Å². The number of likely N-dealkylation sites (N-methyl/N-ethyl adjacent to an activating group) is 1. The summed E-state index contributed by atoms with van der Waals surface area (Å²) in [5, 5.41) is 0. The number of rotatable bonds is 38. The van der Waals surface area contributed by atoms with Crippen molar-refractivity contribution in [1.82, 2.24) is 0 Å². The predicted molar refractivity (Wildman–Crippen MR) is 224 cm³/mol. The number of allylic oxidation sites excluding steroid dienone is 7. The first-order valence-corrected chi connectivity index (χ1v) is 22.9. The van der Waals surface area contributed by atoms with E-state index in [-0.39, 0.29) is 19.6 Å². The van der Waals surface area contributed by atoms with E-state index in [0.717, 1.165) is 51.4 Å². The summed E-state index contributed by atoms with van der Waals surface area (Å²) in [7, 11) is 1.41. The highest BCUT2D eigenvalue weighted by molar-refractivity contribution is 7.47. The molecule has 0 saturated heterocycles. The van der Waals surface area contributed by atoms with Gasteiger partial charge in [0.2, 0.25) is 0 Å². The second-order valence-corrected chi connectivity index (χ2v) is 16.9. The summed E-state index contributed by atoms with van der Waals surface area (Å²) in [5.74, 6) is -1.07. The van der Waals surface area contributed by atoms with Crippen LogP contribution in [0, 0.1) is 0 Å². The molecule has 2 atom stereocenters. The van der Waals surface area contributed by atoms with E-state index in [4.69, 9.17) is 18.5 Å². The fourth-order valence-electron chi connectivity index (χ4n) is 5.56. The van der Waals surface area contributed by atoms with Gasteiger partial charge >= 0.3 is 19.8 Å². The number of unbranched alkanes of at least 4 members (excludes halogenated alkanes) is 20. The highest BCUT2D eigenvalue weighted by Gasteiger charge is 2.26. The van der Waals surface area contributed by atoms with Crippen LogP contribution in [0.3, 0.4) is 0 Å². The molecule has 0 amide bonds. The Morgan fingerprint density at radius 2 is 1.06 bits per heavy atom. The third kappa shape index (κ3) is 39.7. The lowest BCUT2D eigenvalue weighted by molar-refractivity contribution is -0.870. The molecule has 1 unspecified atom stereocenters. The zero-order chi connectivity index (χ0) is 40.0. The van der Waals surface area contributed by atoms with Gasteiger partial charge in [0, 0.05) is 12.5 Å². The van der Waals surface area contributed by atoms with Gasteiger partial charge in [-0.15, -0.1) is 0 Å². The summed E-state index contributed by atoms with van der Waals surface area (Å²) < 4.78 is 34.0. The van der Waals surface area contributed by atoms with Crippen molar-refractivity contribution >= 4 is 19.8 Å². The van der Waals surface area contributed by atoms with E-state index in [1.54, 1.807) is 6.08 Å². The van der Waals surface area contributed by atoms with Crippen LogP contribution in [-0.4, -0.2) is 74.9 Å². The Balaban J connectivity index is 4.52. The lowest BCUT2D eigenvalue weighted by Crippen LogP contribution is -2.37. The summed E-state index contributed by atoms with van der Waals surface area (Å²) in [4.78, 5) is 35.2. The van der Waals surface area contributed by atoms with E-state index in [0.29, 0.717) is 17.4 Å². The number of phosphoric ester groups is 1. The number of esters is 2. The first-order valence-electron chi connectivity index (χ1n) is 21.4. The SMILES string of the molecule is CCCCCC/C=C/C=C/CCCCCCCC(=O)OC[C@H](COP(=O)(O)OCC[N+](C)(C)C)OC(=O)/C=C/C=C/CCCCCCCCCCCCC. The monoisotopic (exact) mass is 783 g/mol. The van der Waals surface area contributed by atoms with Crippen molar-refractivity contribution in [3.05, 3.63) is 48.6 Å². The number of phosphoric acid groups is 1. The lowest BCUT2D eigenvalue weighted by atomic mass is 10.1. The largest absolute Gasteiger partial charge is 0.472 e. The van der Waals surface area contributed by atoms with Crippen molar-refractivity contribution < 1.29 is 42.1 Å². The van der Waals surface area contributed by atoms with Crippen LogP contribution in [0.4, 0.5) is 0 Å². The van der Waals surface area contributed by atoms with Crippen molar-refractivity contribution in [2.75, 3.05) is 47.5 Å². The second kappa shape index (κ2) is 36.6. The molecule has 0 rings (SSSR count). The molecule has 0 aromatic rings. The standard InChI is InChI=1S/C44H80NO8P/c1-6-8-10-12-14-16-18-20-22-24-26-28-30-32-34-36-43(46)50-40-42(41-52-54(48,49)51-39-38-45(3,4)5)53-44(47)37-35-33-31-29-27-25-23-21-19-17-15-13-11-9-7-2/h16,18,20,22,31,33,35,37,42H,6-15,17,19,21,23-30,32,34,36,38-41H2,1-5H3/p+1/b18-16+,22-20+,33-31+,37-35+/t42-/m1/s1. The van der Waals surface area contributed by atoms with Gasteiger partial charge in [-0.3, -0.25) is 13.8 Å². The second-order valence-electron chi connectivity index (χ2n) is 15.5. The van der Waals surface area contributed by atoms with Crippen LogP contribution >= 0.6 is 7.82 Å². The summed E-state index contributed by atoms with van der Waals surface area (Å²) in [6, 6.07) is 0. The molecule has 0 bridgehead atoms. The summed E-state index contributed by atoms with van der Waals surface area (Å²) in [5.41, 5.74) is 0. The molecule has 0 aliphatic carbocycles. The maximum absolute atomic E-state index is 12.6. The Kier molecular flexibility index (Phi) is 35.2. The molecule has 0 aliphatic heterocycles. The Labute approximate surface area is 331 Å². The highest BCUT2D eigenvalue weighted by atomic mass is 31.2. The van der Waals surface area contributed by atoms with Gasteiger partial charge in [-0.25, -0.2) is 9.36 Å². The first kappa shape index (κ1) is 52.0. The van der Waals surface area contributed by atoms with Gasteiger partial charge < -0.3 is 18.9 Å². The van der Waals surface area contributed by atoms with E-state index < -0.39 is 32.5 Å². The molecule has 0 aromatic carbocycles. The summed E-state index contributed by atoms with van der Waals surface area (Å²) in [6.07, 6.45) is 42.2. The molecule has 9 nitrogen and oxygen atoms in total. The number of carbonyl (C=O) groups is 2. The number of carbonyl (C=O) groups excluding carboxylic acids is 2. The average Bonchev–Trinajstić information content (AvgIpc) is 3.12. The van der Waals surface area contributed by atoms with Crippen molar-refractivity contribution in [1.29, 1.82) is 0 Å². The van der Waals surface area contributed by atoms with Gasteiger partial charge in [-0.1, -0.05) is 159 Å². The van der Waals surface area contributed by atoms with Crippen LogP contribution in [0.15, 0.2) is 48.6 Å². The minimum atomic E-state index is -4.40. The third-order valence-electron chi connectivity index (χ3n) is 8.97. The van der Waals surface area contributed by atoms with Crippen molar-refractivity contribution in [2.24, 2.45) is 0 Å². The van der Waals surface area contributed by atoms with Crippen LogP contribution in [0.5, 0.6) is 0 Å². The van der Waals surface area contributed by atoms with Gasteiger partial charge in [0.1, 0.15) is 19.8 Å². The molecule has 1 N–H and O–H groups in total. The van der Waals surface area contributed by atoms with Crippen LogP contribution < -0.4 is 0 Å². The van der Waals surface area contributed by atoms with Gasteiger partial charge in [0.15, 0.2) is 6.10 Å². The molecule has 0 saturated carbocycles. The molecule has 0 heterocycles. The molecule has 0 spiro atoms. The van der Waals surface area contributed by atoms with Crippen molar-refractivity contribution in [3.63, 3.8) is 0 Å². The Bertz CT molecular complexity index is 1070. The van der Waals surface area contributed by atoms with Crippen molar-refractivity contribution in [2.45, 2.75) is 174 Å². The predicted octanol–water partition coefficient (Wildman–Crippen LogP) is 11.9. The van der Waals surface area contributed by atoms with Gasteiger partial charge in [-0.05, 0) is 44.9 Å². The molecule has 10 heteroatoms. The Morgan fingerprint density at radius 3 is 1.56 bits per heavy atom. The minimum absolute atomic E-state index is 0.0122. The zero-order valence-electron chi connectivity index (χ0n) is 35.2. The summed E-state index contributed by atoms with van der Waals surface area (Å²) >= 11 is 0. The normalized spacial score (nSPS) is 14.1. The zero-order valence-corrected chi connectivity index (χ0v) is 36.1. The molecule has 54 heavy (non-hydrogen) atoms. The van der Waals surface area contributed by atoms with Crippen molar-refractivity contribution in [3.8, 4) is 0 Å². The number of hydrogen-bond acceptors (Lipinski definition) is 7. The van der Waals surface area contributed by atoms with Crippen LogP contribution in [0.2, 0.25) is 0 Å². The number of ether oxygens (including phenoxy) is 2. The smallest absolute Gasteiger partial charge is 0.462 e. The quantitative estimate of drug-likeness (QED) is 0.0165. The van der Waals surface area contributed by atoms with E-state index in [2.05, 4.69) is 38.2 Å². The third-order valence-corrected chi connectivity index (χ3v) is 9.95. The Hall–Kier alpha value is -2.03. The molecule has 314 valence electrons. The van der Waals surface area contributed by atoms with E-state index in [9.17, 15) is 19.0 Å². The van der Waals surface area contributed by atoms with Gasteiger partial charge in [-0.2, -0.15) is 0 Å². The minimum Gasteiger partial charge on any atom is -0.462 e. The molecular weight excluding hydrogens is 701 g/mol. The Morgan fingerprint density at radius 1 is 0.611 bits per heavy atom. The van der Waals surface area contributed by atoms with E-state index in [1.807, 2.05) is 33.3 Å². The molecular formula is C44H81NO8P+.